The highest BCUT2D eigenvalue weighted by Gasteiger charge is 2.31. The van der Waals surface area contributed by atoms with E-state index in [1.165, 1.54) is 12.1 Å². The van der Waals surface area contributed by atoms with Crippen LogP contribution >= 0.6 is 0 Å². The normalized spacial score (nSPS) is 18.2. The molecular weight excluding hydrogens is 443 g/mol. The van der Waals surface area contributed by atoms with Crippen LogP contribution in [-0.2, 0) is 22.4 Å². The summed E-state index contributed by atoms with van der Waals surface area (Å²) in [5.74, 6) is 1.58. The van der Waals surface area contributed by atoms with Crippen LogP contribution in [-0.4, -0.2) is 60.2 Å². The predicted octanol–water partition coefficient (Wildman–Crippen LogP) is 4.12. The molecule has 35 heavy (non-hydrogen) atoms. The van der Waals surface area contributed by atoms with Crippen LogP contribution in [0.2, 0.25) is 0 Å². The second-order valence-electron chi connectivity index (χ2n) is 9.19. The van der Waals surface area contributed by atoms with Gasteiger partial charge in [0.25, 0.3) is 0 Å². The van der Waals surface area contributed by atoms with E-state index in [0.29, 0.717) is 51.6 Å². The Morgan fingerprint density at radius 2 is 1.77 bits per heavy atom. The van der Waals surface area contributed by atoms with Crippen molar-refractivity contribution in [2.45, 2.75) is 26.2 Å². The number of aryl methyl sites for hydroxylation is 1. The molecule has 0 N–H and O–H groups in total. The van der Waals surface area contributed by atoms with Gasteiger partial charge in [0.15, 0.2) is 5.82 Å². The highest BCUT2D eigenvalue weighted by Crippen LogP contribution is 2.29. The van der Waals surface area contributed by atoms with Gasteiger partial charge >= 0.3 is 0 Å². The van der Waals surface area contributed by atoms with Crippen molar-refractivity contribution in [3.05, 3.63) is 77.2 Å². The molecule has 0 radical (unpaired) electrons. The number of nitrogens with zero attached hydrogens (tertiary/aromatic N) is 4. The molecule has 1 aromatic heterocycles. The fraction of sp³-hybridized carbons (Fsp3) is 0.393. The molecule has 0 saturated carbocycles. The van der Waals surface area contributed by atoms with Gasteiger partial charge in [-0.3, -0.25) is 4.79 Å². The summed E-state index contributed by atoms with van der Waals surface area (Å²) in [6.07, 6.45) is 2.21. The standard InChI is InChI=1S/C28H31FN4O2/c1-2-25-24(18-20-8-10-23(29)11-9-20)27(31-26(30-25)21-6-4-3-5-7-21)32-13-15-33(16-14-32)28(34)22-12-17-35-19-22/h3-11,22H,2,12-19H2,1H3/t22-/m1/s1. The number of carbonyl (C=O) groups excluding carboxylic acids is 1. The summed E-state index contributed by atoms with van der Waals surface area (Å²) in [5, 5.41) is 0. The second kappa shape index (κ2) is 10.5. The Labute approximate surface area is 205 Å². The zero-order valence-electron chi connectivity index (χ0n) is 20.1. The number of piperazine rings is 1. The first-order valence-electron chi connectivity index (χ1n) is 12.4. The highest BCUT2D eigenvalue weighted by atomic mass is 19.1. The number of anilines is 1. The van der Waals surface area contributed by atoms with Crippen molar-refractivity contribution in [1.82, 2.24) is 14.9 Å². The monoisotopic (exact) mass is 474 g/mol. The quantitative estimate of drug-likeness (QED) is 0.538. The van der Waals surface area contributed by atoms with E-state index < -0.39 is 0 Å². The average molecular weight is 475 g/mol. The lowest BCUT2D eigenvalue weighted by Crippen LogP contribution is -2.51. The van der Waals surface area contributed by atoms with Gasteiger partial charge in [-0.05, 0) is 30.5 Å². The number of amides is 1. The van der Waals surface area contributed by atoms with Gasteiger partial charge in [0, 0.05) is 56.0 Å². The molecule has 2 saturated heterocycles. The topological polar surface area (TPSA) is 58.6 Å². The van der Waals surface area contributed by atoms with E-state index in [2.05, 4.69) is 11.8 Å². The van der Waals surface area contributed by atoms with Gasteiger partial charge in [0.1, 0.15) is 11.6 Å². The molecule has 0 spiro atoms. The lowest BCUT2D eigenvalue weighted by molar-refractivity contribution is -0.135. The number of carbonyl (C=O) groups is 1. The molecule has 5 rings (SSSR count). The first-order chi connectivity index (χ1) is 17.1. The third-order valence-corrected chi connectivity index (χ3v) is 6.90. The van der Waals surface area contributed by atoms with Crippen molar-refractivity contribution in [1.29, 1.82) is 0 Å². The van der Waals surface area contributed by atoms with E-state index in [9.17, 15) is 9.18 Å². The maximum absolute atomic E-state index is 13.5. The SMILES string of the molecule is CCc1nc(-c2ccccc2)nc(N2CCN(C(=O)[C@@H]3CCOC3)CC2)c1Cc1ccc(F)cc1. The molecule has 0 bridgehead atoms. The van der Waals surface area contributed by atoms with E-state index in [1.54, 1.807) is 0 Å². The van der Waals surface area contributed by atoms with Crippen LogP contribution in [0, 0.1) is 11.7 Å². The van der Waals surface area contributed by atoms with Gasteiger partial charge in [-0.2, -0.15) is 0 Å². The minimum absolute atomic E-state index is 0.00832. The van der Waals surface area contributed by atoms with E-state index in [0.717, 1.165) is 41.0 Å². The summed E-state index contributed by atoms with van der Waals surface area (Å²) < 4.78 is 18.9. The number of hydrogen-bond donors (Lipinski definition) is 0. The van der Waals surface area contributed by atoms with Crippen LogP contribution in [0.4, 0.5) is 10.2 Å². The van der Waals surface area contributed by atoms with Gasteiger partial charge in [-0.25, -0.2) is 14.4 Å². The Hall–Kier alpha value is -3.32. The van der Waals surface area contributed by atoms with Crippen LogP contribution in [0.15, 0.2) is 54.6 Å². The average Bonchev–Trinajstić information content (AvgIpc) is 3.45. The van der Waals surface area contributed by atoms with Gasteiger partial charge < -0.3 is 14.5 Å². The molecule has 2 aliphatic heterocycles. The fourth-order valence-corrected chi connectivity index (χ4v) is 4.90. The summed E-state index contributed by atoms with van der Waals surface area (Å²) >= 11 is 0. The molecule has 2 aliphatic rings. The second-order valence-corrected chi connectivity index (χ2v) is 9.19. The maximum Gasteiger partial charge on any atom is 0.228 e. The molecule has 182 valence electrons. The highest BCUT2D eigenvalue weighted by molar-refractivity contribution is 5.79. The molecule has 3 aromatic rings. The molecule has 1 amide bonds. The van der Waals surface area contributed by atoms with E-state index in [1.807, 2.05) is 47.4 Å². The van der Waals surface area contributed by atoms with Crippen molar-refractivity contribution < 1.29 is 13.9 Å². The molecule has 2 fully saturated rings. The largest absolute Gasteiger partial charge is 0.381 e. The van der Waals surface area contributed by atoms with Crippen LogP contribution in [0.3, 0.4) is 0 Å². The van der Waals surface area contributed by atoms with Crippen LogP contribution in [0.25, 0.3) is 11.4 Å². The Balaban J connectivity index is 1.46. The van der Waals surface area contributed by atoms with Gasteiger partial charge in [0.2, 0.25) is 5.91 Å². The fourth-order valence-electron chi connectivity index (χ4n) is 4.90. The number of rotatable bonds is 6. The van der Waals surface area contributed by atoms with Crippen LogP contribution in [0.5, 0.6) is 0 Å². The van der Waals surface area contributed by atoms with E-state index >= 15 is 0 Å². The molecule has 0 unspecified atom stereocenters. The summed E-state index contributed by atoms with van der Waals surface area (Å²) in [4.78, 5) is 27.1. The Bertz CT molecular complexity index is 1160. The lowest BCUT2D eigenvalue weighted by Gasteiger charge is -2.37. The predicted molar refractivity (Wildman–Crippen MR) is 134 cm³/mol. The Morgan fingerprint density at radius 3 is 2.43 bits per heavy atom. The first kappa shape index (κ1) is 23.4. The lowest BCUT2D eigenvalue weighted by atomic mass is 10.0. The number of halogens is 1. The maximum atomic E-state index is 13.5. The van der Waals surface area contributed by atoms with Crippen molar-refractivity contribution in [2.75, 3.05) is 44.3 Å². The number of ether oxygens (including phenoxy) is 1. The Kier molecular flexibility index (Phi) is 7.04. The zero-order valence-corrected chi connectivity index (χ0v) is 20.1. The van der Waals surface area contributed by atoms with E-state index in [-0.39, 0.29) is 17.6 Å². The van der Waals surface area contributed by atoms with Gasteiger partial charge in [-0.15, -0.1) is 0 Å². The minimum Gasteiger partial charge on any atom is -0.381 e. The molecule has 1 atom stereocenters. The van der Waals surface area contributed by atoms with Crippen molar-refractivity contribution in [3.8, 4) is 11.4 Å². The smallest absolute Gasteiger partial charge is 0.228 e. The van der Waals surface area contributed by atoms with Gasteiger partial charge in [-0.1, -0.05) is 49.4 Å². The molecule has 2 aromatic carbocycles. The molecule has 3 heterocycles. The van der Waals surface area contributed by atoms with Crippen molar-refractivity contribution in [2.24, 2.45) is 5.92 Å². The molecule has 6 nitrogen and oxygen atoms in total. The minimum atomic E-state index is -0.242. The molecular formula is C28H31FN4O2. The van der Waals surface area contributed by atoms with Crippen molar-refractivity contribution >= 4 is 11.7 Å². The summed E-state index contributed by atoms with van der Waals surface area (Å²) in [6, 6.07) is 16.7. The Morgan fingerprint density at radius 1 is 1.03 bits per heavy atom. The molecule has 0 aliphatic carbocycles. The number of aromatic nitrogens is 2. The third-order valence-electron chi connectivity index (χ3n) is 6.90. The van der Waals surface area contributed by atoms with Crippen LogP contribution in [0.1, 0.15) is 30.2 Å². The number of benzene rings is 2. The summed E-state index contributed by atoms with van der Waals surface area (Å²) in [6.45, 7) is 6.07. The zero-order chi connectivity index (χ0) is 24.2. The first-order valence-corrected chi connectivity index (χ1v) is 12.4. The summed E-state index contributed by atoms with van der Waals surface area (Å²) in [5.41, 5.74) is 4.07. The van der Waals surface area contributed by atoms with Gasteiger partial charge in [0.05, 0.1) is 12.5 Å². The number of hydrogen-bond acceptors (Lipinski definition) is 5. The van der Waals surface area contributed by atoms with Crippen molar-refractivity contribution in [3.63, 3.8) is 0 Å². The third kappa shape index (κ3) is 5.20. The van der Waals surface area contributed by atoms with E-state index in [4.69, 9.17) is 14.7 Å². The van der Waals surface area contributed by atoms with Crippen LogP contribution < -0.4 is 4.90 Å². The summed E-state index contributed by atoms with van der Waals surface area (Å²) in [7, 11) is 0. The molecule has 7 heteroatoms.